The number of aromatic nitrogens is 1. The maximum atomic E-state index is 12.2. The lowest BCUT2D eigenvalue weighted by molar-refractivity contribution is 0.0202. The van der Waals surface area contributed by atoms with E-state index in [0.717, 1.165) is 24.2 Å². The van der Waals surface area contributed by atoms with Crippen molar-refractivity contribution >= 4 is 12.1 Å². The standard InChI is InChI=1S/C19H28N2O4/c1-6-24-17(22)15-8-7-13(2)20-16(15)14-9-11-21(12-10-14)18(23)25-19(3,4)5/h7-8,14H,6,9-12H2,1-5H3. The first-order valence-electron chi connectivity index (χ1n) is 8.84. The van der Waals surface area contributed by atoms with Crippen molar-refractivity contribution in [2.45, 2.75) is 59.0 Å². The molecule has 2 heterocycles. The van der Waals surface area contributed by atoms with Gasteiger partial charge in [0.2, 0.25) is 0 Å². The molecule has 1 aliphatic heterocycles. The van der Waals surface area contributed by atoms with E-state index in [1.54, 1.807) is 17.9 Å². The van der Waals surface area contributed by atoms with Gasteiger partial charge < -0.3 is 14.4 Å². The van der Waals surface area contributed by atoms with Crippen LogP contribution in [-0.2, 0) is 9.47 Å². The lowest BCUT2D eigenvalue weighted by Gasteiger charge is -2.33. The van der Waals surface area contributed by atoms with Crippen LogP contribution in [0, 0.1) is 6.92 Å². The van der Waals surface area contributed by atoms with E-state index in [4.69, 9.17) is 9.47 Å². The van der Waals surface area contributed by atoms with Gasteiger partial charge in [0.25, 0.3) is 0 Å². The number of rotatable bonds is 3. The molecule has 1 aliphatic rings. The molecule has 25 heavy (non-hydrogen) atoms. The number of carbonyl (C=O) groups excluding carboxylic acids is 2. The zero-order valence-corrected chi connectivity index (χ0v) is 15.8. The monoisotopic (exact) mass is 348 g/mol. The Morgan fingerprint density at radius 3 is 2.44 bits per heavy atom. The minimum absolute atomic E-state index is 0.137. The van der Waals surface area contributed by atoms with Gasteiger partial charge in [-0.05, 0) is 59.6 Å². The second-order valence-corrected chi connectivity index (χ2v) is 7.35. The van der Waals surface area contributed by atoms with Gasteiger partial charge >= 0.3 is 12.1 Å². The number of hydrogen-bond acceptors (Lipinski definition) is 5. The molecule has 138 valence electrons. The summed E-state index contributed by atoms with van der Waals surface area (Å²) in [6.07, 6.45) is 1.22. The van der Waals surface area contributed by atoms with Crippen molar-refractivity contribution < 1.29 is 19.1 Å². The second kappa shape index (κ2) is 7.85. The van der Waals surface area contributed by atoms with Crippen molar-refractivity contribution in [2.24, 2.45) is 0 Å². The van der Waals surface area contributed by atoms with E-state index in [-0.39, 0.29) is 18.0 Å². The van der Waals surface area contributed by atoms with Gasteiger partial charge in [-0.3, -0.25) is 4.98 Å². The van der Waals surface area contributed by atoms with Crippen molar-refractivity contribution in [3.63, 3.8) is 0 Å². The Bertz CT molecular complexity index is 629. The minimum Gasteiger partial charge on any atom is -0.462 e. The topological polar surface area (TPSA) is 68.7 Å². The maximum Gasteiger partial charge on any atom is 0.410 e. The number of hydrogen-bond donors (Lipinski definition) is 0. The smallest absolute Gasteiger partial charge is 0.410 e. The number of nitrogens with zero attached hydrogens (tertiary/aromatic N) is 2. The molecule has 0 saturated carbocycles. The summed E-state index contributed by atoms with van der Waals surface area (Å²) in [6.45, 7) is 10.8. The quantitative estimate of drug-likeness (QED) is 0.779. The fraction of sp³-hybridized carbons (Fsp3) is 0.632. The van der Waals surface area contributed by atoms with Crippen LogP contribution in [0.1, 0.15) is 68.2 Å². The predicted octanol–water partition coefficient (Wildman–Crippen LogP) is 3.68. The number of likely N-dealkylation sites (tertiary alicyclic amines) is 1. The van der Waals surface area contributed by atoms with E-state index >= 15 is 0 Å². The molecule has 0 N–H and O–H groups in total. The molecule has 1 fully saturated rings. The van der Waals surface area contributed by atoms with Crippen LogP contribution in [0.15, 0.2) is 12.1 Å². The Kier molecular flexibility index (Phi) is 6.03. The zero-order chi connectivity index (χ0) is 18.6. The highest BCUT2D eigenvalue weighted by Crippen LogP contribution is 2.30. The Morgan fingerprint density at radius 1 is 1.24 bits per heavy atom. The first-order chi connectivity index (χ1) is 11.7. The van der Waals surface area contributed by atoms with Gasteiger partial charge in [-0.15, -0.1) is 0 Å². The molecule has 2 rings (SSSR count). The lowest BCUT2D eigenvalue weighted by Crippen LogP contribution is -2.41. The molecule has 0 unspecified atom stereocenters. The third-order valence-corrected chi connectivity index (χ3v) is 4.09. The summed E-state index contributed by atoms with van der Waals surface area (Å²) >= 11 is 0. The fourth-order valence-corrected chi connectivity index (χ4v) is 2.93. The average Bonchev–Trinajstić information content (AvgIpc) is 2.53. The molecule has 1 aromatic rings. The highest BCUT2D eigenvalue weighted by Gasteiger charge is 2.30. The Labute approximate surface area is 149 Å². The number of carbonyl (C=O) groups is 2. The SMILES string of the molecule is CCOC(=O)c1ccc(C)nc1C1CCN(C(=O)OC(C)(C)C)CC1. The summed E-state index contributed by atoms with van der Waals surface area (Å²) in [7, 11) is 0. The summed E-state index contributed by atoms with van der Waals surface area (Å²) in [5, 5.41) is 0. The molecule has 1 saturated heterocycles. The first kappa shape index (κ1) is 19.2. The molecule has 0 bridgehead atoms. The van der Waals surface area contributed by atoms with Gasteiger partial charge in [0.1, 0.15) is 5.60 Å². The summed E-state index contributed by atoms with van der Waals surface area (Å²) in [6, 6.07) is 3.61. The Balaban J connectivity index is 2.09. The zero-order valence-electron chi connectivity index (χ0n) is 15.8. The molecule has 0 atom stereocenters. The van der Waals surface area contributed by atoms with Gasteiger partial charge in [0.05, 0.1) is 17.9 Å². The molecule has 0 aliphatic carbocycles. The number of amides is 1. The van der Waals surface area contributed by atoms with E-state index in [9.17, 15) is 9.59 Å². The van der Waals surface area contributed by atoms with Crippen molar-refractivity contribution in [3.8, 4) is 0 Å². The van der Waals surface area contributed by atoms with Gasteiger partial charge in [-0.2, -0.15) is 0 Å². The van der Waals surface area contributed by atoms with Crippen LogP contribution >= 0.6 is 0 Å². The normalized spacial score (nSPS) is 15.8. The van der Waals surface area contributed by atoms with Crippen LogP contribution < -0.4 is 0 Å². The summed E-state index contributed by atoms with van der Waals surface area (Å²) in [4.78, 5) is 30.7. The van der Waals surface area contributed by atoms with E-state index < -0.39 is 5.60 Å². The van der Waals surface area contributed by atoms with Crippen LogP contribution in [0.4, 0.5) is 4.79 Å². The number of piperidine rings is 1. The minimum atomic E-state index is -0.497. The molecule has 0 aromatic carbocycles. The van der Waals surface area contributed by atoms with Crippen LogP contribution in [0.5, 0.6) is 0 Å². The van der Waals surface area contributed by atoms with Crippen molar-refractivity contribution in [1.29, 1.82) is 0 Å². The van der Waals surface area contributed by atoms with Gasteiger partial charge in [-0.1, -0.05) is 0 Å². The number of aryl methyl sites for hydroxylation is 1. The molecule has 6 nitrogen and oxygen atoms in total. The van der Waals surface area contributed by atoms with Gasteiger partial charge in [0, 0.05) is 24.7 Å². The lowest BCUT2D eigenvalue weighted by atomic mass is 9.90. The van der Waals surface area contributed by atoms with Gasteiger partial charge in [0.15, 0.2) is 0 Å². The average molecular weight is 348 g/mol. The highest BCUT2D eigenvalue weighted by atomic mass is 16.6. The van der Waals surface area contributed by atoms with E-state index in [1.165, 1.54) is 0 Å². The molecule has 0 radical (unpaired) electrons. The number of ether oxygens (including phenoxy) is 2. The summed E-state index contributed by atoms with van der Waals surface area (Å²) < 4.78 is 10.6. The molecular formula is C19H28N2O4. The molecule has 0 spiro atoms. The van der Waals surface area contributed by atoms with Crippen molar-refractivity contribution in [3.05, 3.63) is 29.1 Å². The second-order valence-electron chi connectivity index (χ2n) is 7.35. The first-order valence-corrected chi connectivity index (χ1v) is 8.84. The summed E-state index contributed by atoms with van der Waals surface area (Å²) in [5.74, 6) is -0.197. The molecular weight excluding hydrogens is 320 g/mol. The van der Waals surface area contributed by atoms with Crippen LogP contribution in [0.3, 0.4) is 0 Å². The third-order valence-electron chi connectivity index (χ3n) is 4.09. The number of esters is 1. The van der Waals surface area contributed by atoms with E-state index in [1.807, 2.05) is 33.8 Å². The van der Waals surface area contributed by atoms with Crippen LogP contribution in [0.25, 0.3) is 0 Å². The number of pyridine rings is 1. The van der Waals surface area contributed by atoms with Crippen LogP contribution in [0.2, 0.25) is 0 Å². The fourth-order valence-electron chi connectivity index (χ4n) is 2.93. The van der Waals surface area contributed by atoms with Crippen molar-refractivity contribution in [2.75, 3.05) is 19.7 Å². The molecule has 1 amide bonds. The Morgan fingerprint density at radius 2 is 1.88 bits per heavy atom. The van der Waals surface area contributed by atoms with Crippen molar-refractivity contribution in [1.82, 2.24) is 9.88 Å². The van der Waals surface area contributed by atoms with Gasteiger partial charge in [-0.25, -0.2) is 9.59 Å². The maximum absolute atomic E-state index is 12.2. The largest absolute Gasteiger partial charge is 0.462 e. The third kappa shape index (κ3) is 5.18. The van der Waals surface area contributed by atoms with Crippen LogP contribution in [-0.4, -0.2) is 47.2 Å². The summed E-state index contributed by atoms with van der Waals surface area (Å²) in [5.41, 5.74) is 1.69. The highest BCUT2D eigenvalue weighted by molar-refractivity contribution is 5.90. The predicted molar refractivity (Wildman–Crippen MR) is 94.7 cm³/mol. The molecule has 1 aromatic heterocycles. The van der Waals surface area contributed by atoms with E-state index in [2.05, 4.69) is 4.98 Å². The van der Waals surface area contributed by atoms with E-state index in [0.29, 0.717) is 25.3 Å². The Hall–Kier alpha value is -2.11. The molecule has 6 heteroatoms.